The van der Waals surface area contributed by atoms with Gasteiger partial charge in [-0.05, 0) is 29.0 Å². The number of nitrogens with zero attached hydrogens (tertiary/aromatic N) is 2. The van der Waals surface area contributed by atoms with E-state index in [-0.39, 0.29) is 17.8 Å². The number of amides is 1. The summed E-state index contributed by atoms with van der Waals surface area (Å²) in [5, 5.41) is 15.6. The monoisotopic (exact) mass is 363 g/mol. The molecule has 0 aliphatic rings. The predicted octanol–water partition coefficient (Wildman–Crippen LogP) is 3.29. The van der Waals surface area contributed by atoms with Crippen LogP contribution in [-0.4, -0.2) is 15.4 Å². The van der Waals surface area contributed by atoms with E-state index < -0.39 is 16.6 Å². The topological polar surface area (TPSA) is 107 Å². The Labute approximate surface area is 151 Å². The number of anilines is 1. The second kappa shape index (κ2) is 6.41. The van der Waals surface area contributed by atoms with Crippen LogP contribution in [0.2, 0.25) is 0 Å². The number of carbonyl (C=O) groups excluding carboxylic acids is 1. The average Bonchev–Trinajstić information content (AvgIpc) is 2.96. The van der Waals surface area contributed by atoms with E-state index in [9.17, 15) is 19.7 Å². The molecule has 4 rings (SSSR count). The van der Waals surface area contributed by atoms with Gasteiger partial charge < -0.3 is 9.73 Å². The van der Waals surface area contributed by atoms with Crippen molar-refractivity contribution in [1.29, 1.82) is 0 Å². The van der Waals surface area contributed by atoms with Gasteiger partial charge in [-0.3, -0.25) is 19.5 Å². The number of nitro benzene ring substituents is 1. The predicted molar refractivity (Wildman–Crippen MR) is 99.7 cm³/mol. The quantitative estimate of drug-likeness (QED) is 0.442. The Hall–Kier alpha value is -3.94. The van der Waals surface area contributed by atoms with Crippen molar-refractivity contribution in [3.63, 3.8) is 0 Å². The number of rotatable bonds is 4. The molecule has 1 N–H and O–H groups in total. The first-order valence-corrected chi connectivity index (χ1v) is 8.08. The van der Waals surface area contributed by atoms with Gasteiger partial charge in [0.2, 0.25) is 5.91 Å². The Kier molecular flexibility index (Phi) is 3.92. The lowest BCUT2D eigenvalue weighted by atomic mass is 10.1. The third kappa shape index (κ3) is 3.15. The molecule has 8 heteroatoms. The molecule has 0 atom stereocenters. The summed E-state index contributed by atoms with van der Waals surface area (Å²) in [5.41, 5.74) is 0.797. The molecule has 4 aromatic rings. The molecule has 0 unspecified atom stereocenters. The van der Waals surface area contributed by atoms with Crippen LogP contribution < -0.4 is 11.1 Å². The number of oxazole rings is 1. The summed E-state index contributed by atoms with van der Waals surface area (Å²) in [4.78, 5) is 34.6. The van der Waals surface area contributed by atoms with Gasteiger partial charge in [0.15, 0.2) is 5.58 Å². The third-order valence-corrected chi connectivity index (χ3v) is 4.20. The molecule has 1 aromatic heterocycles. The van der Waals surface area contributed by atoms with Crippen LogP contribution >= 0.6 is 0 Å². The molecular weight excluding hydrogens is 350 g/mol. The summed E-state index contributed by atoms with van der Waals surface area (Å²) < 4.78 is 6.16. The van der Waals surface area contributed by atoms with Gasteiger partial charge >= 0.3 is 5.76 Å². The molecule has 0 radical (unpaired) electrons. The minimum Gasteiger partial charge on any atom is -0.407 e. The number of hydrogen-bond donors (Lipinski definition) is 1. The summed E-state index contributed by atoms with van der Waals surface area (Å²) in [7, 11) is 0. The molecule has 0 aliphatic carbocycles. The molecule has 3 aromatic carbocycles. The zero-order valence-electron chi connectivity index (χ0n) is 13.9. The van der Waals surface area contributed by atoms with Gasteiger partial charge in [0.25, 0.3) is 5.69 Å². The van der Waals surface area contributed by atoms with Crippen molar-refractivity contribution in [3.8, 4) is 0 Å². The van der Waals surface area contributed by atoms with Gasteiger partial charge in [-0.2, -0.15) is 0 Å². The lowest BCUT2D eigenvalue weighted by molar-refractivity contribution is -0.384. The van der Waals surface area contributed by atoms with E-state index in [2.05, 4.69) is 5.32 Å². The highest BCUT2D eigenvalue weighted by Crippen LogP contribution is 2.21. The number of hydrogen-bond acceptors (Lipinski definition) is 5. The fourth-order valence-corrected chi connectivity index (χ4v) is 2.93. The Balaban J connectivity index is 1.59. The lowest BCUT2D eigenvalue weighted by Crippen LogP contribution is -2.24. The molecule has 8 nitrogen and oxygen atoms in total. The van der Waals surface area contributed by atoms with Crippen LogP contribution in [0.4, 0.5) is 11.4 Å². The molecule has 0 spiro atoms. The second-order valence-electron chi connectivity index (χ2n) is 5.97. The maximum Gasteiger partial charge on any atom is 0.420 e. The number of fused-ring (bicyclic) bond motifs is 2. The standard InChI is InChI=1S/C19H13N3O5/c23-18(20-14-6-5-12-3-1-2-4-13(12)9-14)11-21-16-8-7-15(22(25)26)10-17(16)27-19(21)24/h1-10H,11H2,(H,20,23). The minimum absolute atomic E-state index is 0.0627. The number of carbonyl (C=O) groups is 1. The van der Waals surface area contributed by atoms with E-state index in [1.807, 2.05) is 36.4 Å². The highest BCUT2D eigenvalue weighted by atomic mass is 16.6. The summed E-state index contributed by atoms with van der Waals surface area (Å²) in [5.74, 6) is -1.16. The number of nitro groups is 1. The fourth-order valence-electron chi connectivity index (χ4n) is 2.93. The van der Waals surface area contributed by atoms with Gasteiger partial charge in [0.1, 0.15) is 6.54 Å². The Morgan fingerprint density at radius 3 is 2.63 bits per heavy atom. The number of non-ortho nitro benzene ring substituents is 1. The van der Waals surface area contributed by atoms with Crippen LogP contribution in [0.1, 0.15) is 0 Å². The van der Waals surface area contributed by atoms with Gasteiger partial charge in [0, 0.05) is 11.8 Å². The van der Waals surface area contributed by atoms with Crippen molar-refractivity contribution in [1.82, 2.24) is 4.57 Å². The zero-order valence-corrected chi connectivity index (χ0v) is 13.9. The lowest BCUT2D eigenvalue weighted by Gasteiger charge is -2.07. The number of aromatic nitrogens is 1. The maximum absolute atomic E-state index is 12.4. The molecule has 134 valence electrons. The summed E-state index contributed by atoms with van der Waals surface area (Å²) in [6, 6.07) is 17.1. The maximum atomic E-state index is 12.4. The van der Waals surface area contributed by atoms with Gasteiger partial charge in [0.05, 0.1) is 16.5 Å². The fraction of sp³-hybridized carbons (Fsp3) is 0.0526. The first kappa shape index (κ1) is 16.5. The van der Waals surface area contributed by atoms with Gasteiger partial charge in [-0.1, -0.05) is 30.3 Å². The summed E-state index contributed by atoms with van der Waals surface area (Å²) >= 11 is 0. The molecule has 0 aliphatic heterocycles. The van der Waals surface area contributed by atoms with Crippen molar-refractivity contribution in [3.05, 3.63) is 81.3 Å². The molecule has 0 fully saturated rings. The largest absolute Gasteiger partial charge is 0.420 e. The number of benzene rings is 3. The molecule has 27 heavy (non-hydrogen) atoms. The van der Waals surface area contributed by atoms with E-state index in [1.54, 1.807) is 6.07 Å². The third-order valence-electron chi connectivity index (χ3n) is 4.20. The van der Waals surface area contributed by atoms with Crippen molar-refractivity contribution in [2.45, 2.75) is 6.54 Å². The normalized spacial score (nSPS) is 11.0. The summed E-state index contributed by atoms with van der Waals surface area (Å²) in [6.07, 6.45) is 0. The van der Waals surface area contributed by atoms with E-state index in [0.29, 0.717) is 11.2 Å². The van der Waals surface area contributed by atoms with Crippen molar-refractivity contribution in [2.24, 2.45) is 0 Å². The van der Waals surface area contributed by atoms with Crippen LogP contribution in [0.25, 0.3) is 21.9 Å². The molecular formula is C19H13N3O5. The van der Waals surface area contributed by atoms with E-state index >= 15 is 0 Å². The van der Waals surface area contributed by atoms with Crippen molar-refractivity contribution >= 4 is 39.2 Å². The minimum atomic E-state index is -0.751. The van der Waals surface area contributed by atoms with E-state index in [4.69, 9.17) is 4.42 Å². The van der Waals surface area contributed by atoms with E-state index in [1.165, 1.54) is 12.1 Å². The van der Waals surface area contributed by atoms with Crippen LogP contribution in [0, 0.1) is 10.1 Å². The Morgan fingerprint density at radius 2 is 1.85 bits per heavy atom. The van der Waals surface area contributed by atoms with E-state index in [0.717, 1.165) is 21.4 Å². The SMILES string of the molecule is O=C(Cn1c(=O)oc2cc([N+](=O)[O-])ccc21)Nc1ccc2ccccc2c1. The first-order valence-electron chi connectivity index (χ1n) is 8.08. The number of nitrogens with one attached hydrogen (secondary N) is 1. The molecule has 1 heterocycles. The molecule has 0 saturated heterocycles. The van der Waals surface area contributed by atoms with Crippen molar-refractivity contribution in [2.75, 3.05) is 5.32 Å². The highest BCUT2D eigenvalue weighted by Gasteiger charge is 2.16. The average molecular weight is 363 g/mol. The van der Waals surface area contributed by atoms with Crippen LogP contribution in [-0.2, 0) is 11.3 Å². The smallest absolute Gasteiger partial charge is 0.407 e. The summed E-state index contributed by atoms with van der Waals surface area (Å²) in [6.45, 7) is -0.267. The molecule has 1 amide bonds. The van der Waals surface area contributed by atoms with Gasteiger partial charge in [-0.15, -0.1) is 0 Å². The van der Waals surface area contributed by atoms with Crippen molar-refractivity contribution < 1.29 is 14.1 Å². The first-order chi connectivity index (χ1) is 13.0. The van der Waals surface area contributed by atoms with Crippen LogP contribution in [0.3, 0.4) is 0 Å². The Morgan fingerprint density at radius 1 is 1.07 bits per heavy atom. The highest BCUT2D eigenvalue weighted by molar-refractivity contribution is 5.94. The van der Waals surface area contributed by atoms with Gasteiger partial charge in [-0.25, -0.2) is 4.79 Å². The Bertz CT molecular complexity index is 1260. The zero-order chi connectivity index (χ0) is 19.0. The molecule has 0 bridgehead atoms. The van der Waals surface area contributed by atoms with Crippen LogP contribution in [0.15, 0.2) is 69.9 Å². The molecule has 0 saturated carbocycles. The van der Waals surface area contributed by atoms with Crippen LogP contribution in [0.5, 0.6) is 0 Å². The second-order valence-corrected chi connectivity index (χ2v) is 5.97.